The lowest BCUT2D eigenvalue weighted by molar-refractivity contribution is 0.463. The van der Waals surface area contributed by atoms with Crippen molar-refractivity contribution in [3.8, 4) is 0 Å². The molecule has 0 unspecified atom stereocenters. The molecule has 0 aliphatic carbocycles. The Morgan fingerprint density at radius 2 is 2.17 bits per heavy atom. The lowest BCUT2D eigenvalue weighted by Crippen LogP contribution is -2.28. The van der Waals surface area contributed by atoms with Gasteiger partial charge in [-0.2, -0.15) is 0 Å². The summed E-state index contributed by atoms with van der Waals surface area (Å²) in [5.41, 5.74) is 6.11. The first-order chi connectivity index (χ1) is 8.39. The predicted molar refractivity (Wildman–Crippen MR) is 77.8 cm³/mol. The normalized spacial score (nSPS) is 11.7. The summed E-state index contributed by atoms with van der Waals surface area (Å²) in [7, 11) is -1.89. The lowest BCUT2D eigenvalue weighted by atomic mass is 10.3. The van der Waals surface area contributed by atoms with Gasteiger partial charge in [0.25, 0.3) is 0 Å². The summed E-state index contributed by atoms with van der Waals surface area (Å²) in [6, 6.07) is 4.64. The highest BCUT2D eigenvalue weighted by Crippen LogP contribution is 2.24. The van der Waals surface area contributed by atoms with Gasteiger partial charge < -0.3 is 5.73 Å². The topological polar surface area (TPSA) is 63.4 Å². The zero-order valence-electron chi connectivity index (χ0n) is 10.3. The van der Waals surface area contributed by atoms with Crippen LogP contribution in [0.3, 0.4) is 0 Å². The number of hydrogen-bond acceptors (Lipinski definition) is 3. The fraction of sp³-hybridized carbons (Fsp3) is 0.333. The monoisotopic (exact) mass is 332 g/mol. The molecule has 0 aromatic heterocycles. The highest BCUT2D eigenvalue weighted by molar-refractivity contribution is 9.10. The van der Waals surface area contributed by atoms with Crippen LogP contribution in [0.25, 0.3) is 0 Å². The zero-order chi connectivity index (χ0) is 13.8. The number of unbranched alkanes of at least 4 members (excludes halogenated alkanes) is 1. The van der Waals surface area contributed by atoms with Crippen LogP contribution in [0.2, 0.25) is 0 Å². The molecule has 0 saturated carbocycles. The molecule has 0 heterocycles. The number of sulfonamides is 1. The molecule has 0 saturated heterocycles. The number of nitrogens with two attached hydrogens (primary N) is 1. The molecule has 18 heavy (non-hydrogen) atoms. The molecule has 0 spiro atoms. The Labute approximate surface area is 117 Å². The first kappa shape index (κ1) is 15.2. The number of rotatable bonds is 6. The summed E-state index contributed by atoms with van der Waals surface area (Å²) in [6.45, 7) is 4.07. The van der Waals surface area contributed by atoms with Crippen molar-refractivity contribution in [2.45, 2.75) is 17.7 Å². The summed E-state index contributed by atoms with van der Waals surface area (Å²) in [6.07, 6.45) is 3.33. The van der Waals surface area contributed by atoms with Crippen molar-refractivity contribution in [1.29, 1.82) is 0 Å². The number of benzene rings is 1. The number of allylic oxidation sites excluding steroid dienone is 1. The van der Waals surface area contributed by atoms with Gasteiger partial charge in [0.05, 0.1) is 4.90 Å². The van der Waals surface area contributed by atoms with Crippen LogP contribution < -0.4 is 5.73 Å². The molecular weight excluding hydrogens is 316 g/mol. The first-order valence-electron chi connectivity index (χ1n) is 5.52. The molecule has 0 aliphatic rings. The van der Waals surface area contributed by atoms with Crippen molar-refractivity contribution in [2.75, 3.05) is 19.3 Å². The van der Waals surface area contributed by atoms with E-state index < -0.39 is 10.0 Å². The Balaban J connectivity index is 2.91. The van der Waals surface area contributed by atoms with Crippen molar-refractivity contribution in [2.24, 2.45) is 0 Å². The SMILES string of the molecule is C=CCCCN(C)S(=O)(=O)c1ccc(Br)c(N)c1. The fourth-order valence-electron chi connectivity index (χ4n) is 1.44. The standard InChI is InChI=1S/C12H17BrN2O2S/c1-3-4-5-8-15(2)18(16,17)10-6-7-11(13)12(14)9-10/h3,6-7,9H,1,4-5,8,14H2,2H3. The van der Waals surface area contributed by atoms with Crippen LogP contribution in [0.4, 0.5) is 5.69 Å². The van der Waals surface area contributed by atoms with E-state index in [1.807, 2.05) is 0 Å². The van der Waals surface area contributed by atoms with E-state index in [1.54, 1.807) is 25.3 Å². The van der Waals surface area contributed by atoms with Gasteiger partial charge >= 0.3 is 0 Å². The molecule has 0 amide bonds. The van der Waals surface area contributed by atoms with E-state index >= 15 is 0 Å². The van der Waals surface area contributed by atoms with Gasteiger partial charge in [-0.1, -0.05) is 6.08 Å². The van der Waals surface area contributed by atoms with Crippen molar-refractivity contribution in [1.82, 2.24) is 4.31 Å². The number of hydrogen-bond donors (Lipinski definition) is 1. The van der Waals surface area contributed by atoms with Crippen LogP contribution >= 0.6 is 15.9 Å². The molecule has 0 bridgehead atoms. The fourth-order valence-corrected chi connectivity index (χ4v) is 2.93. The van der Waals surface area contributed by atoms with Crippen molar-refractivity contribution < 1.29 is 8.42 Å². The highest BCUT2D eigenvalue weighted by atomic mass is 79.9. The lowest BCUT2D eigenvalue weighted by Gasteiger charge is -2.17. The minimum Gasteiger partial charge on any atom is -0.398 e. The molecule has 1 rings (SSSR count). The van der Waals surface area contributed by atoms with Gasteiger partial charge in [-0.3, -0.25) is 0 Å². The Morgan fingerprint density at radius 3 is 2.72 bits per heavy atom. The maximum absolute atomic E-state index is 12.2. The molecule has 1 aromatic carbocycles. The van der Waals surface area contributed by atoms with Crippen LogP contribution in [0, 0.1) is 0 Å². The average molecular weight is 333 g/mol. The van der Waals surface area contributed by atoms with Gasteiger partial charge in [0, 0.05) is 23.8 Å². The van der Waals surface area contributed by atoms with E-state index in [0.29, 0.717) is 16.7 Å². The first-order valence-corrected chi connectivity index (χ1v) is 7.75. The second kappa shape index (κ2) is 6.36. The smallest absolute Gasteiger partial charge is 0.242 e. The van der Waals surface area contributed by atoms with Crippen LogP contribution in [-0.4, -0.2) is 26.3 Å². The third-order valence-electron chi connectivity index (χ3n) is 2.56. The Morgan fingerprint density at radius 1 is 1.50 bits per heavy atom. The van der Waals surface area contributed by atoms with E-state index in [-0.39, 0.29) is 4.90 Å². The molecule has 0 radical (unpaired) electrons. The largest absolute Gasteiger partial charge is 0.398 e. The maximum Gasteiger partial charge on any atom is 0.242 e. The molecule has 0 aliphatic heterocycles. The van der Waals surface area contributed by atoms with E-state index in [9.17, 15) is 8.42 Å². The summed E-state index contributed by atoms with van der Waals surface area (Å²) in [5.74, 6) is 0. The molecular formula is C12H17BrN2O2S. The van der Waals surface area contributed by atoms with Gasteiger partial charge in [-0.25, -0.2) is 12.7 Å². The summed E-state index contributed by atoms with van der Waals surface area (Å²) >= 11 is 3.24. The van der Waals surface area contributed by atoms with Crippen molar-refractivity contribution in [3.05, 3.63) is 35.3 Å². The highest BCUT2D eigenvalue weighted by Gasteiger charge is 2.20. The number of nitrogens with zero attached hydrogens (tertiary/aromatic N) is 1. The van der Waals surface area contributed by atoms with E-state index in [0.717, 1.165) is 12.8 Å². The summed E-state index contributed by atoms with van der Waals surface area (Å²) in [5, 5.41) is 0. The van der Waals surface area contributed by atoms with Gasteiger partial charge in [0.1, 0.15) is 0 Å². The second-order valence-electron chi connectivity index (χ2n) is 3.94. The molecule has 2 N–H and O–H groups in total. The maximum atomic E-state index is 12.2. The summed E-state index contributed by atoms with van der Waals surface area (Å²) in [4.78, 5) is 0.212. The Kier molecular flexibility index (Phi) is 5.37. The van der Waals surface area contributed by atoms with Gasteiger partial charge in [-0.15, -0.1) is 6.58 Å². The number of halogens is 1. The van der Waals surface area contributed by atoms with Gasteiger partial charge in [0.15, 0.2) is 0 Å². The molecule has 0 fully saturated rings. The number of anilines is 1. The average Bonchev–Trinajstić information content (AvgIpc) is 2.32. The molecule has 4 nitrogen and oxygen atoms in total. The Bertz CT molecular complexity index is 529. The zero-order valence-corrected chi connectivity index (χ0v) is 12.7. The minimum atomic E-state index is -3.46. The third-order valence-corrected chi connectivity index (χ3v) is 5.13. The van der Waals surface area contributed by atoms with E-state index in [1.165, 1.54) is 10.4 Å². The van der Waals surface area contributed by atoms with Crippen molar-refractivity contribution >= 4 is 31.6 Å². The van der Waals surface area contributed by atoms with E-state index in [4.69, 9.17) is 5.73 Å². The molecule has 0 atom stereocenters. The van der Waals surface area contributed by atoms with Gasteiger partial charge in [-0.05, 0) is 47.0 Å². The minimum absolute atomic E-state index is 0.212. The van der Waals surface area contributed by atoms with Gasteiger partial charge in [0.2, 0.25) is 10.0 Å². The molecule has 6 heteroatoms. The number of nitrogen functional groups attached to an aromatic ring is 1. The second-order valence-corrected chi connectivity index (χ2v) is 6.84. The van der Waals surface area contributed by atoms with E-state index in [2.05, 4.69) is 22.5 Å². The van der Waals surface area contributed by atoms with Crippen LogP contribution in [0.15, 0.2) is 40.2 Å². The van der Waals surface area contributed by atoms with Crippen LogP contribution in [-0.2, 0) is 10.0 Å². The predicted octanol–water partition coefficient (Wildman–Crippen LogP) is 2.62. The Hall–Kier alpha value is -0.850. The molecule has 100 valence electrons. The van der Waals surface area contributed by atoms with Crippen LogP contribution in [0.5, 0.6) is 0 Å². The van der Waals surface area contributed by atoms with Crippen LogP contribution in [0.1, 0.15) is 12.8 Å². The third kappa shape index (κ3) is 3.57. The summed E-state index contributed by atoms with van der Waals surface area (Å²) < 4.78 is 26.5. The quantitative estimate of drug-likeness (QED) is 0.494. The molecule has 1 aromatic rings. The van der Waals surface area contributed by atoms with Crippen molar-refractivity contribution in [3.63, 3.8) is 0 Å².